The minimum Gasteiger partial charge on any atom is -0.383 e. The van der Waals surface area contributed by atoms with Crippen molar-refractivity contribution in [1.82, 2.24) is 4.90 Å². The molecule has 0 aliphatic heterocycles. The molecule has 0 fully saturated rings. The Morgan fingerprint density at radius 1 is 1.62 bits per heavy atom. The molecule has 0 saturated carbocycles. The molecular weight excluding hydrogens is 168 g/mol. The number of nitrogens with two attached hydrogens (primary N) is 1. The molecule has 0 aromatic heterocycles. The topological polar surface area (TPSA) is 55.6 Å². The van der Waals surface area contributed by atoms with Crippen molar-refractivity contribution in [3.63, 3.8) is 0 Å². The fourth-order valence-electron chi connectivity index (χ4n) is 1.04. The Balaban J connectivity index is 3.98. The van der Waals surface area contributed by atoms with Crippen molar-refractivity contribution in [1.29, 1.82) is 0 Å². The number of methoxy groups -OCH3 is 1. The molecule has 0 radical (unpaired) electrons. The van der Waals surface area contributed by atoms with Crippen molar-refractivity contribution in [3.05, 3.63) is 0 Å². The smallest absolute Gasteiger partial charge is 0.226 e. The number of ether oxygens (including phenoxy) is 1. The SMILES string of the molecule is CCN(CCOC)C(=O)C(C)CN. The monoisotopic (exact) mass is 188 g/mol. The van der Waals surface area contributed by atoms with Gasteiger partial charge in [0, 0.05) is 32.7 Å². The lowest BCUT2D eigenvalue weighted by atomic mass is 10.1. The zero-order valence-corrected chi connectivity index (χ0v) is 8.75. The summed E-state index contributed by atoms with van der Waals surface area (Å²) in [4.78, 5) is 13.4. The van der Waals surface area contributed by atoms with Gasteiger partial charge in [0.05, 0.1) is 6.61 Å². The van der Waals surface area contributed by atoms with Crippen molar-refractivity contribution < 1.29 is 9.53 Å². The summed E-state index contributed by atoms with van der Waals surface area (Å²) >= 11 is 0. The predicted molar refractivity (Wildman–Crippen MR) is 52.3 cm³/mol. The van der Waals surface area contributed by atoms with Crippen LogP contribution in [-0.2, 0) is 9.53 Å². The van der Waals surface area contributed by atoms with Gasteiger partial charge in [-0.1, -0.05) is 6.92 Å². The highest BCUT2D eigenvalue weighted by Crippen LogP contribution is 2.00. The van der Waals surface area contributed by atoms with Crippen LogP contribution in [0.1, 0.15) is 13.8 Å². The molecule has 0 rings (SSSR count). The molecule has 0 heterocycles. The molecule has 0 aliphatic rings. The van der Waals surface area contributed by atoms with E-state index in [1.165, 1.54) is 0 Å². The number of amides is 1. The van der Waals surface area contributed by atoms with Crippen LogP contribution in [0.5, 0.6) is 0 Å². The molecule has 0 aromatic carbocycles. The maximum absolute atomic E-state index is 11.6. The van der Waals surface area contributed by atoms with Gasteiger partial charge in [-0.3, -0.25) is 4.79 Å². The van der Waals surface area contributed by atoms with Crippen LogP contribution in [0.3, 0.4) is 0 Å². The van der Waals surface area contributed by atoms with E-state index in [9.17, 15) is 4.79 Å². The minimum atomic E-state index is -0.0863. The van der Waals surface area contributed by atoms with E-state index in [0.717, 1.165) is 0 Å². The Labute approximate surface area is 80.0 Å². The van der Waals surface area contributed by atoms with Crippen molar-refractivity contribution in [2.75, 3.05) is 33.4 Å². The maximum Gasteiger partial charge on any atom is 0.226 e. The second kappa shape index (κ2) is 6.86. The quantitative estimate of drug-likeness (QED) is 0.642. The third-order valence-corrected chi connectivity index (χ3v) is 2.03. The van der Waals surface area contributed by atoms with Crippen LogP contribution in [0.4, 0.5) is 0 Å². The van der Waals surface area contributed by atoms with E-state index in [1.807, 2.05) is 13.8 Å². The fraction of sp³-hybridized carbons (Fsp3) is 0.889. The van der Waals surface area contributed by atoms with Gasteiger partial charge in [-0.05, 0) is 6.92 Å². The Hall–Kier alpha value is -0.610. The Morgan fingerprint density at radius 2 is 2.23 bits per heavy atom. The lowest BCUT2D eigenvalue weighted by molar-refractivity contribution is -0.135. The van der Waals surface area contributed by atoms with E-state index < -0.39 is 0 Å². The van der Waals surface area contributed by atoms with E-state index in [0.29, 0.717) is 26.2 Å². The number of nitrogens with zero attached hydrogens (tertiary/aromatic N) is 1. The largest absolute Gasteiger partial charge is 0.383 e. The Morgan fingerprint density at radius 3 is 2.62 bits per heavy atom. The van der Waals surface area contributed by atoms with Crippen LogP contribution in [0.15, 0.2) is 0 Å². The molecule has 0 bridgehead atoms. The van der Waals surface area contributed by atoms with Crippen LogP contribution in [0.25, 0.3) is 0 Å². The summed E-state index contributed by atoms with van der Waals surface area (Å²) in [5, 5.41) is 0. The van der Waals surface area contributed by atoms with Crippen LogP contribution in [0, 0.1) is 5.92 Å². The molecule has 0 spiro atoms. The third-order valence-electron chi connectivity index (χ3n) is 2.03. The zero-order chi connectivity index (χ0) is 10.3. The molecule has 0 saturated heterocycles. The summed E-state index contributed by atoms with van der Waals surface area (Å²) < 4.78 is 4.91. The highest BCUT2D eigenvalue weighted by molar-refractivity contribution is 5.78. The third kappa shape index (κ3) is 4.24. The summed E-state index contributed by atoms with van der Waals surface area (Å²) in [7, 11) is 1.63. The van der Waals surface area contributed by atoms with Crippen molar-refractivity contribution in [2.24, 2.45) is 11.7 Å². The molecule has 1 amide bonds. The number of carbonyl (C=O) groups excluding carboxylic acids is 1. The van der Waals surface area contributed by atoms with Gasteiger partial charge >= 0.3 is 0 Å². The molecule has 2 N–H and O–H groups in total. The summed E-state index contributed by atoms with van der Waals surface area (Å²) in [6, 6.07) is 0. The molecule has 4 heteroatoms. The van der Waals surface area contributed by atoms with E-state index >= 15 is 0 Å². The second-order valence-electron chi connectivity index (χ2n) is 3.05. The van der Waals surface area contributed by atoms with Crippen molar-refractivity contribution in [2.45, 2.75) is 13.8 Å². The number of carbonyl (C=O) groups is 1. The van der Waals surface area contributed by atoms with Crippen LogP contribution < -0.4 is 5.73 Å². The van der Waals surface area contributed by atoms with Gasteiger partial charge in [-0.2, -0.15) is 0 Å². The first-order chi connectivity index (χ1) is 6.17. The Bertz CT molecular complexity index is 151. The summed E-state index contributed by atoms with van der Waals surface area (Å²) in [5.41, 5.74) is 5.42. The second-order valence-corrected chi connectivity index (χ2v) is 3.05. The highest BCUT2D eigenvalue weighted by atomic mass is 16.5. The normalized spacial score (nSPS) is 12.6. The van der Waals surface area contributed by atoms with E-state index in [2.05, 4.69) is 0 Å². The average molecular weight is 188 g/mol. The Kier molecular flexibility index (Phi) is 6.54. The van der Waals surface area contributed by atoms with Crippen molar-refractivity contribution >= 4 is 5.91 Å². The number of likely N-dealkylation sites (N-methyl/N-ethyl adjacent to an activating group) is 1. The van der Waals surface area contributed by atoms with Crippen LogP contribution in [-0.4, -0.2) is 44.2 Å². The summed E-state index contributed by atoms with van der Waals surface area (Å²) in [6.07, 6.45) is 0. The first-order valence-corrected chi connectivity index (χ1v) is 4.65. The van der Waals surface area contributed by atoms with Crippen molar-refractivity contribution in [3.8, 4) is 0 Å². The zero-order valence-electron chi connectivity index (χ0n) is 8.75. The molecule has 0 aliphatic carbocycles. The van der Waals surface area contributed by atoms with E-state index in [-0.39, 0.29) is 11.8 Å². The van der Waals surface area contributed by atoms with E-state index in [4.69, 9.17) is 10.5 Å². The van der Waals surface area contributed by atoms with Crippen LogP contribution in [0.2, 0.25) is 0 Å². The van der Waals surface area contributed by atoms with Crippen LogP contribution >= 0.6 is 0 Å². The fourth-order valence-corrected chi connectivity index (χ4v) is 1.04. The minimum absolute atomic E-state index is 0.0863. The molecule has 78 valence electrons. The number of hydrogen-bond acceptors (Lipinski definition) is 3. The predicted octanol–water partition coefficient (Wildman–Crippen LogP) is 0.0761. The summed E-state index contributed by atoms with van der Waals surface area (Å²) in [6.45, 7) is 6.15. The molecule has 13 heavy (non-hydrogen) atoms. The van der Waals surface area contributed by atoms with Gasteiger partial charge in [-0.25, -0.2) is 0 Å². The lowest BCUT2D eigenvalue weighted by Gasteiger charge is -2.23. The maximum atomic E-state index is 11.6. The number of rotatable bonds is 6. The molecule has 0 aromatic rings. The van der Waals surface area contributed by atoms with Gasteiger partial charge in [0.1, 0.15) is 0 Å². The standard InChI is InChI=1S/C9H20N2O2/c1-4-11(5-6-13-3)9(12)8(2)7-10/h8H,4-7,10H2,1-3H3. The lowest BCUT2D eigenvalue weighted by Crippen LogP contribution is -2.39. The van der Waals surface area contributed by atoms with Gasteiger partial charge < -0.3 is 15.4 Å². The first-order valence-electron chi connectivity index (χ1n) is 4.65. The molecule has 1 unspecified atom stereocenters. The number of hydrogen-bond donors (Lipinski definition) is 1. The van der Waals surface area contributed by atoms with Gasteiger partial charge in [0.2, 0.25) is 5.91 Å². The van der Waals surface area contributed by atoms with Gasteiger partial charge in [0.15, 0.2) is 0 Å². The molecule has 4 nitrogen and oxygen atoms in total. The summed E-state index contributed by atoms with van der Waals surface area (Å²) in [5.74, 6) is 0.0267. The average Bonchev–Trinajstić information content (AvgIpc) is 2.17. The van der Waals surface area contributed by atoms with E-state index in [1.54, 1.807) is 12.0 Å². The highest BCUT2D eigenvalue weighted by Gasteiger charge is 2.16. The van der Waals surface area contributed by atoms with Gasteiger partial charge in [0.25, 0.3) is 0 Å². The first kappa shape index (κ1) is 12.4. The van der Waals surface area contributed by atoms with Gasteiger partial charge in [-0.15, -0.1) is 0 Å². The molecule has 1 atom stereocenters. The molecular formula is C9H20N2O2.